The summed E-state index contributed by atoms with van der Waals surface area (Å²) in [6.07, 6.45) is 5.41. The van der Waals surface area contributed by atoms with E-state index >= 15 is 0 Å². The Balaban J connectivity index is 1.99. The molecule has 0 aliphatic heterocycles. The molecule has 5 heteroatoms. The third-order valence-electron chi connectivity index (χ3n) is 3.44. The summed E-state index contributed by atoms with van der Waals surface area (Å²) in [5, 5.41) is 0.961. The van der Waals surface area contributed by atoms with Crippen molar-refractivity contribution in [3.63, 3.8) is 0 Å². The molecule has 2 rings (SSSR count). The van der Waals surface area contributed by atoms with Crippen molar-refractivity contribution in [1.82, 2.24) is 0 Å². The highest BCUT2D eigenvalue weighted by molar-refractivity contribution is 7.86. The average molecular weight is 319 g/mol. The summed E-state index contributed by atoms with van der Waals surface area (Å²) in [4.78, 5) is 12.1. The number of Topliss-reactive ketones (excluding diaryl/α,β-unsaturated/α-hetero) is 1. The highest BCUT2D eigenvalue weighted by atomic mass is 35.5. The predicted octanol–water partition coefficient (Wildman–Crippen LogP) is 4.26. The molecule has 1 fully saturated rings. The Morgan fingerprint density at radius 1 is 1.16 bits per heavy atom. The van der Waals surface area contributed by atoms with Gasteiger partial charge in [-0.1, -0.05) is 42.5 Å². The second-order valence-electron chi connectivity index (χ2n) is 4.84. The molecule has 19 heavy (non-hydrogen) atoms. The fraction of sp³-hybridized carbons (Fsp3) is 0.500. The SMILES string of the molecule is O=C(CS(=O)C1CCCCC1)c1ccc(Cl)c(Cl)c1. The first kappa shape index (κ1) is 15.0. The highest BCUT2D eigenvalue weighted by Gasteiger charge is 2.22. The lowest BCUT2D eigenvalue weighted by atomic mass is 10.0. The van der Waals surface area contributed by atoms with Crippen LogP contribution in [-0.2, 0) is 10.8 Å². The third kappa shape index (κ3) is 4.04. The fourth-order valence-corrected chi connectivity index (χ4v) is 4.15. The maximum Gasteiger partial charge on any atom is 0.175 e. The largest absolute Gasteiger partial charge is 0.293 e. The average Bonchev–Trinajstić information content (AvgIpc) is 2.42. The van der Waals surface area contributed by atoms with Gasteiger partial charge in [0.15, 0.2) is 5.78 Å². The van der Waals surface area contributed by atoms with Crippen molar-refractivity contribution in [1.29, 1.82) is 0 Å². The molecule has 0 radical (unpaired) electrons. The molecule has 0 spiro atoms. The van der Waals surface area contributed by atoms with E-state index < -0.39 is 10.8 Å². The Kier molecular flexibility index (Phi) is 5.43. The van der Waals surface area contributed by atoms with Crippen molar-refractivity contribution in [2.75, 3.05) is 5.75 Å². The third-order valence-corrected chi connectivity index (χ3v) is 5.94. The summed E-state index contributed by atoms with van der Waals surface area (Å²) < 4.78 is 12.2. The molecule has 0 bridgehead atoms. The first-order chi connectivity index (χ1) is 9.08. The van der Waals surface area contributed by atoms with E-state index in [0.29, 0.717) is 15.6 Å². The second-order valence-corrected chi connectivity index (χ2v) is 7.37. The van der Waals surface area contributed by atoms with Gasteiger partial charge in [0.05, 0.1) is 15.8 Å². The van der Waals surface area contributed by atoms with Gasteiger partial charge in [0.1, 0.15) is 0 Å². The topological polar surface area (TPSA) is 34.1 Å². The van der Waals surface area contributed by atoms with Crippen LogP contribution in [0.3, 0.4) is 0 Å². The molecule has 1 atom stereocenters. The van der Waals surface area contributed by atoms with E-state index in [1.165, 1.54) is 6.42 Å². The zero-order chi connectivity index (χ0) is 13.8. The number of carbonyl (C=O) groups excluding carboxylic acids is 1. The summed E-state index contributed by atoms with van der Waals surface area (Å²) in [7, 11) is -1.07. The number of halogens is 2. The van der Waals surface area contributed by atoms with Gasteiger partial charge in [0, 0.05) is 21.6 Å². The zero-order valence-electron chi connectivity index (χ0n) is 10.5. The van der Waals surface area contributed by atoms with E-state index in [9.17, 15) is 9.00 Å². The van der Waals surface area contributed by atoms with Crippen LogP contribution < -0.4 is 0 Å². The fourth-order valence-electron chi connectivity index (χ4n) is 2.33. The van der Waals surface area contributed by atoms with Gasteiger partial charge in [-0.15, -0.1) is 0 Å². The van der Waals surface area contributed by atoms with E-state index in [1.807, 2.05) is 0 Å². The van der Waals surface area contributed by atoms with E-state index in [0.717, 1.165) is 25.7 Å². The van der Waals surface area contributed by atoms with Crippen molar-refractivity contribution < 1.29 is 9.00 Å². The van der Waals surface area contributed by atoms with Crippen LogP contribution in [0.1, 0.15) is 42.5 Å². The van der Waals surface area contributed by atoms with Crippen LogP contribution >= 0.6 is 23.2 Å². The molecule has 2 nitrogen and oxygen atoms in total. The van der Waals surface area contributed by atoms with Gasteiger partial charge in [-0.25, -0.2) is 0 Å². The lowest BCUT2D eigenvalue weighted by Crippen LogP contribution is -2.24. The van der Waals surface area contributed by atoms with Crippen LogP contribution in [0.15, 0.2) is 18.2 Å². The van der Waals surface area contributed by atoms with Gasteiger partial charge < -0.3 is 0 Å². The van der Waals surface area contributed by atoms with Gasteiger partial charge >= 0.3 is 0 Å². The van der Waals surface area contributed by atoms with Crippen LogP contribution in [0.5, 0.6) is 0 Å². The summed E-state index contributed by atoms with van der Waals surface area (Å²) in [5.74, 6) is -0.0368. The molecule has 0 N–H and O–H groups in total. The molecule has 1 aliphatic carbocycles. The van der Waals surface area contributed by atoms with E-state index in [2.05, 4.69) is 0 Å². The van der Waals surface area contributed by atoms with E-state index in [-0.39, 0.29) is 16.8 Å². The minimum atomic E-state index is -1.07. The Bertz CT molecular complexity index is 496. The Labute approximate surface area is 125 Å². The molecule has 0 aromatic heterocycles. The van der Waals surface area contributed by atoms with Gasteiger partial charge in [-0.2, -0.15) is 0 Å². The minimum absolute atomic E-state index is 0.0859. The van der Waals surface area contributed by atoms with Gasteiger partial charge in [-0.05, 0) is 31.0 Å². The molecule has 0 amide bonds. The van der Waals surface area contributed by atoms with Crippen LogP contribution in [-0.4, -0.2) is 21.0 Å². The lowest BCUT2D eigenvalue weighted by Gasteiger charge is -2.20. The molecule has 1 aromatic rings. The van der Waals surface area contributed by atoms with Crippen molar-refractivity contribution >= 4 is 39.8 Å². The molecule has 1 saturated carbocycles. The Morgan fingerprint density at radius 2 is 1.84 bits per heavy atom. The number of hydrogen-bond donors (Lipinski definition) is 0. The molecule has 1 aromatic carbocycles. The number of ketones is 1. The molecule has 0 heterocycles. The van der Waals surface area contributed by atoms with Crippen LogP contribution in [0, 0.1) is 0 Å². The summed E-state index contributed by atoms with van der Waals surface area (Å²) in [6.45, 7) is 0. The summed E-state index contributed by atoms with van der Waals surface area (Å²) in [5.41, 5.74) is 0.485. The van der Waals surface area contributed by atoms with Gasteiger partial charge in [-0.3, -0.25) is 9.00 Å². The zero-order valence-corrected chi connectivity index (χ0v) is 12.9. The van der Waals surface area contributed by atoms with Gasteiger partial charge in [0.25, 0.3) is 0 Å². The number of benzene rings is 1. The van der Waals surface area contributed by atoms with Crippen molar-refractivity contribution in [3.05, 3.63) is 33.8 Å². The monoisotopic (exact) mass is 318 g/mol. The summed E-state index contributed by atoms with van der Waals surface area (Å²) >= 11 is 11.7. The van der Waals surface area contributed by atoms with Crippen molar-refractivity contribution in [2.24, 2.45) is 0 Å². The van der Waals surface area contributed by atoms with Crippen LogP contribution in [0.4, 0.5) is 0 Å². The van der Waals surface area contributed by atoms with Gasteiger partial charge in [0.2, 0.25) is 0 Å². The Hall–Kier alpha value is -0.380. The predicted molar refractivity (Wildman–Crippen MR) is 80.7 cm³/mol. The molecule has 104 valence electrons. The van der Waals surface area contributed by atoms with Crippen molar-refractivity contribution in [3.8, 4) is 0 Å². The smallest absolute Gasteiger partial charge is 0.175 e. The number of hydrogen-bond acceptors (Lipinski definition) is 2. The van der Waals surface area contributed by atoms with Crippen LogP contribution in [0.25, 0.3) is 0 Å². The van der Waals surface area contributed by atoms with E-state index in [1.54, 1.807) is 18.2 Å². The standard InChI is InChI=1S/C14H16Cl2O2S/c15-12-7-6-10(8-13(12)16)14(17)9-19(18)11-4-2-1-3-5-11/h6-8,11H,1-5,9H2. The molecular weight excluding hydrogens is 303 g/mol. The first-order valence-electron chi connectivity index (χ1n) is 6.43. The maximum atomic E-state index is 12.2. The second kappa shape index (κ2) is 6.87. The quantitative estimate of drug-likeness (QED) is 0.777. The molecular formula is C14H16Cl2O2S. The van der Waals surface area contributed by atoms with Crippen LogP contribution in [0.2, 0.25) is 10.0 Å². The highest BCUT2D eigenvalue weighted by Crippen LogP contribution is 2.25. The normalized spacial score (nSPS) is 18.2. The van der Waals surface area contributed by atoms with E-state index in [4.69, 9.17) is 23.2 Å². The Morgan fingerprint density at radius 3 is 2.47 bits per heavy atom. The lowest BCUT2D eigenvalue weighted by molar-refractivity contribution is 0.102. The summed E-state index contributed by atoms with van der Waals surface area (Å²) in [6, 6.07) is 4.78. The molecule has 0 saturated heterocycles. The first-order valence-corrected chi connectivity index (χ1v) is 8.57. The van der Waals surface area contributed by atoms with Crippen molar-refractivity contribution in [2.45, 2.75) is 37.4 Å². The maximum absolute atomic E-state index is 12.2. The molecule has 1 unspecified atom stereocenters. The number of rotatable bonds is 4. The minimum Gasteiger partial charge on any atom is -0.293 e. The number of carbonyl (C=O) groups is 1. The molecule has 1 aliphatic rings.